The molecular weight excluding hydrogens is 174 g/mol. The van der Waals surface area contributed by atoms with Gasteiger partial charge in [0, 0.05) is 6.54 Å². The number of nitrogens with zero attached hydrogens (tertiary/aromatic N) is 2. The van der Waals surface area contributed by atoms with Gasteiger partial charge >= 0.3 is 0 Å². The Bertz CT molecular complexity index is 319. The smallest absolute Gasteiger partial charge is 0.151 e. The van der Waals surface area contributed by atoms with Gasteiger partial charge in [0.1, 0.15) is 0 Å². The highest BCUT2D eigenvalue weighted by molar-refractivity contribution is 5.47. The van der Waals surface area contributed by atoms with E-state index in [-0.39, 0.29) is 0 Å². The minimum Gasteiger partial charge on any atom is -0.369 e. The van der Waals surface area contributed by atoms with E-state index in [1.165, 1.54) is 11.1 Å². The zero-order valence-electron chi connectivity index (χ0n) is 9.68. The maximum Gasteiger partial charge on any atom is 0.151 e. The van der Waals surface area contributed by atoms with Crippen LogP contribution in [0.25, 0.3) is 0 Å². The van der Waals surface area contributed by atoms with Crippen LogP contribution in [-0.4, -0.2) is 16.7 Å². The molecule has 0 radical (unpaired) electrons. The number of hydrogen-bond acceptors (Lipinski definition) is 3. The quantitative estimate of drug-likeness (QED) is 0.802. The van der Waals surface area contributed by atoms with Crippen LogP contribution in [-0.2, 0) is 0 Å². The van der Waals surface area contributed by atoms with Gasteiger partial charge in [0.25, 0.3) is 0 Å². The Morgan fingerprint density at radius 3 is 2.29 bits per heavy atom. The van der Waals surface area contributed by atoms with Crippen molar-refractivity contribution in [2.24, 2.45) is 0 Å². The van der Waals surface area contributed by atoms with E-state index in [9.17, 15) is 0 Å². The fourth-order valence-electron chi connectivity index (χ4n) is 1.51. The Morgan fingerprint density at radius 2 is 1.79 bits per heavy atom. The van der Waals surface area contributed by atoms with Gasteiger partial charge in [-0.05, 0) is 37.8 Å². The summed E-state index contributed by atoms with van der Waals surface area (Å²) in [6, 6.07) is 0. The molecule has 0 aromatic carbocycles. The van der Waals surface area contributed by atoms with Crippen LogP contribution >= 0.6 is 0 Å². The Hall–Kier alpha value is -1.12. The first-order valence-corrected chi connectivity index (χ1v) is 5.15. The third kappa shape index (κ3) is 2.03. The van der Waals surface area contributed by atoms with E-state index >= 15 is 0 Å². The summed E-state index contributed by atoms with van der Waals surface area (Å²) in [5, 5.41) is 11.6. The molecule has 78 valence electrons. The predicted molar refractivity (Wildman–Crippen MR) is 59.8 cm³/mol. The van der Waals surface area contributed by atoms with E-state index < -0.39 is 0 Å². The van der Waals surface area contributed by atoms with Gasteiger partial charge in [-0.25, -0.2) is 0 Å². The van der Waals surface area contributed by atoms with Gasteiger partial charge in [-0.1, -0.05) is 13.8 Å². The maximum absolute atomic E-state index is 4.24. The lowest BCUT2D eigenvalue weighted by Crippen LogP contribution is -2.08. The van der Waals surface area contributed by atoms with Crippen molar-refractivity contribution in [3.8, 4) is 0 Å². The maximum atomic E-state index is 4.24. The van der Waals surface area contributed by atoms with Crippen molar-refractivity contribution in [2.75, 3.05) is 11.9 Å². The van der Waals surface area contributed by atoms with Crippen LogP contribution in [0.1, 0.15) is 43.5 Å². The molecule has 0 saturated heterocycles. The summed E-state index contributed by atoms with van der Waals surface area (Å²) < 4.78 is 0. The Kier molecular flexibility index (Phi) is 3.44. The van der Waals surface area contributed by atoms with Crippen molar-refractivity contribution >= 4 is 5.82 Å². The molecule has 0 atom stereocenters. The molecule has 0 aliphatic rings. The van der Waals surface area contributed by atoms with Crippen LogP contribution in [0.5, 0.6) is 0 Å². The van der Waals surface area contributed by atoms with Crippen LogP contribution in [0.3, 0.4) is 0 Å². The zero-order chi connectivity index (χ0) is 10.7. The fourth-order valence-corrected chi connectivity index (χ4v) is 1.51. The van der Waals surface area contributed by atoms with E-state index in [0.29, 0.717) is 5.92 Å². The van der Waals surface area contributed by atoms with Gasteiger partial charge < -0.3 is 5.32 Å². The summed E-state index contributed by atoms with van der Waals surface area (Å²) in [5.41, 5.74) is 3.57. The van der Waals surface area contributed by atoms with Gasteiger partial charge in [0.15, 0.2) is 5.82 Å². The molecule has 1 aromatic heterocycles. The molecule has 1 aromatic rings. The summed E-state index contributed by atoms with van der Waals surface area (Å²) in [6.45, 7) is 11.4. The van der Waals surface area contributed by atoms with Gasteiger partial charge in [0.2, 0.25) is 0 Å². The molecule has 0 saturated carbocycles. The minimum absolute atomic E-state index is 0.442. The average molecular weight is 193 g/mol. The van der Waals surface area contributed by atoms with Crippen molar-refractivity contribution in [1.29, 1.82) is 0 Å². The fraction of sp³-hybridized carbons (Fsp3) is 0.636. The number of rotatable bonds is 3. The van der Waals surface area contributed by atoms with Crippen LogP contribution in [0.15, 0.2) is 0 Å². The van der Waals surface area contributed by atoms with Crippen molar-refractivity contribution in [3.63, 3.8) is 0 Å². The molecule has 0 spiro atoms. The van der Waals surface area contributed by atoms with E-state index in [2.05, 4.69) is 50.1 Å². The second-order valence-electron chi connectivity index (χ2n) is 3.87. The topological polar surface area (TPSA) is 37.8 Å². The average Bonchev–Trinajstić information content (AvgIpc) is 2.13. The molecule has 0 bridgehead atoms. The summed E-state index contributed by atoms with van der Waals surface area (Å²) in [5.74, 6) is 1.35. The number of aromatic nitrogens is 2. The number of nitrogens with one attached hydrogen (secondary N) is 1. The van der Waals surface area contributed by atoms with E-state index in [1.54, 1.807) is 0 Å². The largest absolute Gasteiger partial charge is 0.369 e. The highest BCUT2D eigenvalue weighted by atomic mass is 15.2. The van der Waals surface area contributed by atoms with E-state index in [1.807, 2.05) is 0 Å². The van der Waals surface area contributed by atoms with Gasteiger partial charge in [-0.3, -0.25) is 0 Å². The highest BCUT2D eigenvalue weighted by Gasteiger charge is 2.11. The molecule has 0 unspecified atom stereocenters. The second kappa shape index (κ2) is 4.40. The molecule has 3 nitrogen and oxygen atoms in total. The minimum atomic E-state index is 0.442. The molecule has 14 heavy (non-hydrogen) atoms. The molecule has 0 aliphatic carbocycles. The molecule has 0 fully saturated rings. The standard InChI is InChI=1S/C11H19N3/c1-6-12-11-9(5)8(4)10(7(2)3)13-14-11/h7H,6H2,1-5H3,(H,12,14). The molecule has 3 heteroatoms. The van der Waals surface area contributed by atoms with Gasteiger partial charge in [-0.2, -0.15) is 5.10 Å². The second-order valence-corrected chi connectivity index (χ2v) is 3.87. The SMILES string of the molecule is CCNc1nnc(C(C)C)c(C)c1C. The molecule has 1 rings (SSSR count). The summed E-state index contributed by atoms with van der Waals surface area (Å²) in [7, 11) is 0. The lowest BCUT2D eigenvalue weighted by molar-refractivity contribution is 0.770. The monoisotopic (exact) mass is 193 g/mol. The Balaban J connectivity index is 3.12. The van der Waals surface area contributed by atoms with Gasteiger partial charge in [0.05, 0.1) is 5.69 Å². The normalized spacial score (nSPS) is 10.7. The van der Waals surface area contributed by atoms with Crippen LogP contribution in [0, 0.1) is 13.8 Å². The van der Waals surface area contributed by atoms with Crippen molar-refractivity contribution in [2.45, 2.75) is 40.5 Å². The third-order valence-corrected chi connectivity index (χ3v) is 2.45. The van der Waals surface area contributed by atoms with E-state index in [0.717, 1.165) is 18.1 Å². The zero-order valence-corrected chi connectivity index (χ0v) is 9.68. The Labute approximate surface area is 85.9 Å². The first kappa shape index (κ1) is 11.0. The van der Waals surface area contributed by atoms with Crippen molar-refractivity contribution < 1.29 is 0 Å². The van der Waals surface area contributed by atoms with Crippen molar-refractivity contribution in [1.82, 2.24) is 10.2 Å². The lowest BCUT2D eigenvalue weighted by atomic mass is 10.0. The molecule has 1 heterocycles. The summed E-state index contributed by atoms with van der Waals surface area (Å²) >= 11 is 0. The van der Waals surface area contributed by atoms with Crippen LogP contribution in [0.2, 0.25) is 0 Å². The predicted octanol–water partition coefficient (Wildman–Crippen LogP) is 2.65. The highest BCUT2D eigenvalue weighted by Crippen LogP contribution is 2.22. The summed E-state index contributed by atoms with van der Waals surface area (Å²) in [6.07, 6.45) is 0. The van der Waals surface area contributed by atoms with Crippen molar-refractivity contribution in [3.05, 3.63) is 16.8 Å². The first-order chi connectivity index (χ1) is 6.57. The van der Waals surface area contributed by atoms with Crippen LogP contribution < -0.4 is 5.32 Å². The third-order valence-electron chi connectivity index (χ3n) is 2.45. The van der Waals surface area contributed by atoms with Crippen LogP contribution in [0.4, 0.5) is 5.82 Å². The Morgan fingerprint density at radius 1 is 1.14 bits per heavy atom. The lowest BCUT2D eigenvalue weighted by Gasteiger charge is -2.13. The van der Waals surface area contributed by atoms with E-state index in [4.69, 9.17) is 0 Å². The first-order valence-electron chi connectivity index (χ1n) is 5.15. The molecule has 0 amide bonds. The molecule has 0 aliphatic heterocycles. The summed E-state index contributed by atoms with van der Waals surface area (Å²) in [4.78, 5) is 0. The number of hydrogen-bond donors (Lipinski definition) is 1. The molecular formula is C11H19N3. The molecule has 1 N–H and O–H groups in total. The van der Waals surface area contributed by atoms with Gasteiger partial charge in [-0.15, -0.1) is 5.10 Å². The number of anilines is 1.